The highest BCUT2D eigenvalue weighted by Gasteiger charge is 2.23. The Morgan fingerprint density at radius 1 is 1.20 bits per heavy atom. The van der Waals surface area contributed by atoms with Crippen molar-refractivity contribution in [2.24, 2.45) is 0 Å². The molecule has 1 atom stereocenters. The van der Waals surface area contributed by atoms with E-state index in [1.54, 1.807) is 17.5 Å². The zero-order valence-electron chi connectivity index (χ0n) is 11.1. The normalized spacial score (nSPS) is 13.6. The van der Waals surface area contributed by atoms with Gasteiger partial charge in [-0.2, -0.15) is 4.31 Å². The molecule has 0 fully saturated rings. The number of hydrogen-bond acceptors (Lipinski definition) is 4. The lowest BCUT2D eigenvalue weighted by atomic mass is 10.1. The summed E-state index contributed by atoms with van der Waals surface area (Å²) in [5.41, 5.74) is 0.988. The van der Waals surface area contributed by atoms with E-state index in [4.69, 9.17) is 0 Å². The lowest BCUT2D eigenvalue weighted by Crippen LogP contribution is -2.34. The molecule has 6 heteroatoms. The summed E-state index contributed by atoms with van der Waals surface area (Å²) in [6, 6.07) is 12.8. The molecule has 0 aliphatic heterocycles. The van der Waals surface area contributed by atoms with Crippen LogP contribution in [0.2, 0.25) is 0 Å². The van der Waals surface area contributed by atoms with Gasteiger partial charge >= 0.3 is 0 Å². The lowest BCUT2D eigenvalue weighted by molar-refractivity contribution is 0.153. The first-order valence-corrected chi connectivity index (χ1v) is 8.54. The van der Waals surface area contributed by atoms with Crippen LogP contribution in [0.1, 0.15) is 5.56 Å². The van der Waals surface area contributed by atoms with E-state index in [-0.39, 0.29) is 6.54 Å². The van der Waals surface area contributed by atoms with Crippen LogP contribution in [-0.2, 0) is 16.4 Å². The zero-order valence-corrected chi connectivity index (χ0v) is 12.8. The molecule has 0 radical (unpaired) electrons. The summed E-state index contributed by atoms with van der Waals surface area (Å²) >= 11 is 1.18. The van der Waals surface area contributed by atoms with Gasteiger partial charge in [-0.25, -0.2) is 8.42 Å². The van der Waals surface area contributed by atoms with Gasteiger partial charge in [0.15, 0.2) is 0 Å². The van der Waals surface area contributed by atoms with Gasteiger partial charge in [0.05, 0.1) is 6.10 Å². The minimum Gasteiger partial charge on any atom is -0.391 e. The highest BCUT2D eigenvalue weighted by molar-refractivity contribution is 7.91. The summed E-state index contributed by atoms with van der Waals surface area (Å²) in [5.74, 6) is 0. The van der Waals surface area contributed by atoms with Gasteiger partial charge in [0.1, 0.15) is 4.21 Å². The van der Waals surface area contributed by atoms with Crippen LogP contribution in [0.5, 0.6) is 0 Å². The Hall–Kier alpha value is -1.21. The second kappa shape index (κ2) is 6.49. The maximum Gasteiger partial charge on any atom is 0.252 e. The van der Waals surface area contributed by atoms with E-state index in [0.717, 1.165) is 5.56 Å². The molecule has 0 saturated carbocycles. The Balaban J connectivity index is 1.99. The smallest absolute Gasteiger partial charge is 0.252 e. The molecule has 0 aliphatic rings. The SMILES string of the molecule is CN(C[C@H](O)Cc1ccccc1)S(=O)(=O)c1cccs1. The van der Waals surface area contributed by atoms with Crippen molar-refractivity contribution in [1.82, 2.24) is 4.31 Å². The number of sulfonamides is 1. The summed E-state index contributed by atoms with van der Waals surface area (Å²) in [5, 5.41) is 11.8. The molecule has 2 rings (SSSR count). The maximum atomic E-state index is 12.2. The van der Waals surface area contributed by atoms with E-state index >= 15 is 0 Å². The average Bonchev–Trinajstić information content (AvgIpc) is 2.94. The topological polar surface area (TPSA) is 57.6 Å². The molecule has 0 bridgehead atoms. The number of aliphatic hydroxyl groups is 1. The Morgan fingerprint density at radius 3 is 2.50 bits per heavy atom. The van der Waals surface area contributed by atoms with Gasteiger partial charge in [-0.3, -0.25) is 0 Å². The van der Waals surface area contributed by atoms with Gasteiger partial charge < -0.3 is 5.11 Å². The van der Waals surface area contributed by atoms with Crippen LogP contribution < -0.4 is 0 Å². The molecule has 4 nitrogen and oxygen atoms in total. The molecule has 0 aliphatic carbocycles. The number of benzene rings is 1. The Kier molecular flexibility index (Phi) is 4.93. The molecule has 1 aromatic heterocycles. The molecule has 1 N–H and O–H groups in total. The molecule has 0 saturated heterocycles. The van der Waals surface area contributed by atoms with Crippen molar-refractivity contribution in [3.63, 3.8) is 0 Å². The average molecular weight is 311 g/mol. The largest absolute Gasteiger partial charge is 0.391 e. The Morgan fingerprint density at radius 2 is 1.90 bits per heavy atom. The van der Waals surface area contributed by atoms with Gasteiger partial charge in [0.2, 0.25) is 0 Å². The molecule has 1 heterocycles. The van der Waals surface area contributed by atoms with E-state index < -0.39 is 16.1 Å². The first-order chi connectivity index (χ1) is 9.50. The van der Waals surface area contributed by atoms with Gasteiger partial charge in [-0.15, -0.1) is 11.3 Å². The fourth-order valence-corrected chi connectivity index (χ4v) is 4.32. The van der Waals surface area contributed by atoms with Crippen molar-refractivity contribution in [3.8, 4) is 0 Å². The van der Waals surface area contributed by atoms with Crippen LogP contribution in [0.4, 0.5) is 0 Å². The number of nitrogens with zero attached hydrogens (tertiary/aromatic N) is 1. The fourth-order valence-electron chi connectivity index (χ4n) is 1.91. The van der Waals surface area contributed by atoms with Crippen LogP contribution in [0.25, 0.3) is 0 Å². The van der Waals surface area contributed by atoms with Crippen LogP contribution >= 0.6 is 11.3 Å². The first-order valence-electron chi connectivity index (χ1n) is 6.22. The Bertz CT molecular complexity index is 624. The van der Waals surface area contributed by atoms with Crippen molar-refractivity contribution in [2.75, 3.05) is 13.6 Å². The number of likely N-dealkylation sites (N-methyl/N-ethyl adjacent to an activating group) is 1. The van der Waals surface area contributed by atoms with Crippen molar-refractivity contribution >= 4 is 21.4 Å². The van der Waals surface area contributed by atoms with E-state index in [1.165, 1.54) is 22.7 Å². The van der Waals surface area contributed by atoms with Crippen LogP contribution in [0.3, 0.4) is 0 Å². The van der Waals surface area contributed by atoms with E-state index in [1.807, 2.05) is 30.3 Å². The first kappa shape index (κ1) is 15.2. The van der Waals surface area contributed by atoms with Gasteiger partial charge in [0, 0.05) is 13.6 Å². The molecule has 0 spiro atoms. The third-order valence-electron chi connectivity index (χ3n) is 2.94. The minimum absolute atomic E-state index is 0.0785. The fraction of sp³-hybridized carbons (Fsp3) is 0.286. The minimum atomic E-state index is -3.49. The lowest BCUT2D eigenvalue weighted by Gasteiger charge is -2.19. The van der Waals surface area contributed by atoms with Crippen molar-refractivity contribution in [1.29, 1.82) is 0 Å². The van der Waals surface area contributed by atoms with E-state index in [9.17, 15) is 13.5 Å². The number of rotatable bonds is 6. The van der Waals surface area contributed by atoms with E-state index in [2.05, 4.69) is 0 Å². The number of thiophene rings is 1. The summed E-state index contributed by atoms with van der Waals surface area (Å²) in [6.07, 6.45) is -0.289. The predicted octanol–water partition coefficient (Wildman–Crippen LogP) is 1.97. The third kappa shape index (κ3) is 3.67. The monoisotopic (exact) mass is 311 g/mol. The highest BCUT2D eigenvalue weighted by Crippen LogP contribution is 2.20. The summed E-state index contributed by atoms with van der Waals surface area (Å²) in [4.78, 5) is 0. The Labute approximate surface area is 123 Å². The summed E-state index contributed by atoms with van der Waals surface area (Å²) in [6.45, 7) is 0.0785. The quantitative estimate of drug-likeness (QED) is 0.887. The molecule has 0 unspecified atom stereocenters. The molecule has 1 aromatic carbocycles. The molecule has 0 amide bonds. The van der Waals surface area contributed by atoms with Crippen molar-refractivity contribution < 1.29 is 13.5 Å². The second-order valence-electron chi connectivity index (χ2n) is 4.56. The molecule has 2 aromatic rings. The zero-order chi connectivity index (χ0) is 14.6. The van der Waals surface area contributed by atoms with E-state index in [0.29, 0.717) is 10.6 Å². The second-order valence-corrected chi connectivity index (χ2v) is 7.78. The molecule has 108 valence electrons. The third-order valence-corrected chi connectivity index (χ3v) is 6.14. The standard InChI is InChI=1S/C14H17NO3S2/c1-15(20(17,18)14-8-5-9-19-14)11-13(16)10-12-6-3-2-4-7-12/h2-9,13,16H,10-11H2,1H3/t13-/m1/s1. The van der Waals surface area contributed by atoms with Crippen molar-refractivity contribution in [2.45, 2.75) is 16.7 Å². The van der Waals surface area contributed by atoms with Crippen molar-refractivity contribution in [3.05, 3.63) is 53.4 Å². The van der Waals surface area contributed by atoms with Crippen LogP contribution in [0.15, 0.2) is 52.1 Å². The summed E-state index contributed by atoms with van der Waals surface area (Å²) < 4.78 is 25.9. The molecular weight excluding hydrogens is 294 g/mol. The predicted molar refractivity (Wildman–Crippen MR) is 80.3 cm³/mol. The maximum absolute atomic E-state index is 12.2. The van der Waals surface area contributed by atoms with Gasteiger partial charge in [-0.05, 0) is 23.4 Å². The summed E-state index contributed by atoms with van der Waals surface area (Å²) in [7, 11) is -2.00. The number of aliphatic hydroxyl groups excluding tert-OH is 1. The molecular formula is C14H17NO3S2. The van der Waals surface area contributed by atoms with Crippen LogP contribution in [0, 0.1) is 0 Å². The molecule has 20 heavy (non-hydrogen) atoms. The highest BCUT2D eigenvalue weighted by atomic mass is 32.2. The van der Waals surface area contributed by atoms with Gasteiger partial charge in [0.25, 0.3) is 10.0 Å². The number of hydrogen-bond donors (Lipinski definition) is 1. The van der Waals surface area contributed by atoms with Gasteiger partial charge in [-0.1, -0.05) is 36.4 Å². The van der Waals surface area contributed by atoms with Crippen LogP contribution in [-0.4, -0.2) is 37.5 Å².